The number of piperidine rings is 1. The normalized spacial score (nSPS) is 25.6. The number of carboxylic acid groups (broad SMARTS) is 1. The number of aromatic nitrogens is 3. The fraction of sp³-hybridized carbons (Fsp3) is 0.500. The molecule has 0 amide bonds. The Labute approximate surface area is 136 Å². The van der Waals surface area contributed by atoms with Crippen LogP contribution in [0.4, 0.5) is 11.8 Å². The number of aliphatic carboxylic acids is 1. The summed E-state index contributed by atoms with van der Waals surface area (Å²) in [7, 11) is 0. The molecule has 0 spiro atoms. The first-order chi connectivity index (χ1) is 10.4. The van der Waals surface area contributed by atoms with Crippen LogP contribution in [-0.4, -0.2) is 38.0 Å². The molecule has 2 aromatic rings. The number of hydrogen-bond donors (Lipinski definition) is 2. The molecule has 2 unspecified atom stereocenters. The van der Waals surface area contributed by atoms with E-state index in [1.807, 2.05) is 16.2 Å². The van der Waals surface area contributed by atoms with E-state index in [2.05, 4.69) is 25.9 Å². The van der Waals surface area contributed by atoms with Gasteiger partial charge in [0.2, 0.25) is 5.95 Å². The predicted molar refractivity (Wildman–Crippen MR) is 86.9 cm³/mol. The average molecular weight is 368 g/mol. The molecule has 0 saturated carbocycles. The molecule has 1 saturated heterocycles. The van der Waals surface area contributed by atoms with E-state index in [-0.39, 0.29) is 6.04 Å². The maximum atomic E-state index is 11.7. The van der Waals surface area contributed by atoms with Gasteiger partial charge >= 0.3 is 5.97 Å². The number of anilines is 2. The lowest BCUT2D eigenvalue weighted by atomic mass is 9.75. The number of nitrogen functional groups attached to an aromatic ring is 1. The third kappa shape index (κ3) is 2.05. The summed E-state index contributed by atoms with van der Waals surface area (Å²) in [6.07, 6.45) is 4.87. The van der Waals surface area contributed by atoms with E-state index in [4.69, 9.17) is 5.73 Å². The zero-order chi connectivity index (χ0) is 16.1. The van der Waals surface area contributed by atoms with Crippen molar-refractivity contribution in [1.82, 2.24) is 14.4 Å². The Bertz CT molecular complexity index is 746. The van der Waals surface area contributed by atoms with Gasteiger partial charge in [-0.05, 0) is 42.6 Å². The van der Waals surface area contributed by atoms with E-state index in [0.29, 0.717) is 28.3 Å². The van der Waals surface area contributed by atoms with Crippen LogP contribution >= 0.6 is 15.9 Å². The van der Waals surface area contributed by atoms with Gasteiger partial charge in [-0.3, -0.25) is 9.20 Å². The molecule has 0 aliphatic carbocycles. The van der Waals surface area contributed by atoms with Crippen LogP contribution in [-0.2, 0) is 4.79 Å². The Morgan fingerprint density at radius 3 is 3.00 bits per heavy atom. The van der Waals surface area contributed by atoms with Crippen molar-refractivity contribution in [2.24, 2.45) is 5.41 Å². The van der Waals surface area contributed by atoms with Crippen LogP contribution in [0.3, 0.4) is 0 Å². The van der Waals surface area contributed by atoms with Gasteiger partial charge in [-0.2, -0.15) is 0 Å². The average Bonchev–Trinajstić information content (AvgIpc) is 2.80. The molecule has 3 N–H and O–H groups in total. The largest absolute Gasteiger partial charge is 0.481 e. The van der Waals surface area contributed by atoms with E-state index in [0.717, 1.165) is 13.0 Å². The molecule has 2 atom stereocenters. The molecule has 1 aliphatic rings. The minimum Gasteiger partial charge on any atom is -0.481 e. The van der Waals surface area contributed by atoms with Gasteiger partial charge in [0.05, 0.1) is 5.41 Å². The quantitative estimate of drug-likeness (QED) is 0.843. The predicted octanol–water partition coefficient (Wildman–Crippen LogP) is 2.15. The van der Waals surface area contributed by atoms with Gasteiger partial charge in [0.25, 0.3) is 0 Å². The summed E-state index contributed by atoms with van der Waals surface area (Å²) < 4.78 is 2.47. The summed E-state index contributed by atoms with van der Waals surface area (Å²) in [6.45, 7) is 4.50. The molecule has 0 bridgehead atoms. The van der Waals surface area contributed by atoms with Gasteiger partial charge in [-0.1, -0.05) is 0 Å². The van der Waals surface area contributed by atoms with Gasteiger partial charge in [-0.15, -0.1) is 0 Å². The number of carboxylic acids is 1. The summed E-state index contributed by atoms with van der Waals surface area (Å²) in [6, 6.07) is -0.175. The lowest BCUT2D eigenvalue weighted by Gasteiger charge is -2.44. The molecule has 0 radical (unpaired) electrons. The van der Waals surface area contributed by atoms with E-state index >= 15 is 0 Å². The van der Waals surface area contributed by atoms with E-state index < -0.39 is 11.4 Å². The Kier molecular flexibility index (Phi) is 3.51. The first-order valence-electron chi connectivity index (χ1n) is 7.14. The fourth-order valence-corrected chi connectivity index (χ4v) is 3.68. The van der Waals surface area contributed by atoms with E-state index in [9.17, 15) is 9.90 Å². The first-order valence-corrected chi connectivity index (χ1v) is 7.93. The second kappa shape index (κ2) is 5.12. The van der Waals surface area contributed by atoms with Crippen LogP contribution in [0.15, 0.2) is 17.0 Å². The molecule has 22 heavy (non-hydrogen) atoms. The third-order valence-corrected chi connectivity index (χ3v) is 5.30. The molecule has 1 fully saturated rings. The highest BCUT2D eigenvalue weighted by Crippen LogP contribution is 2.39. The molecule has 7 nitrogen and oxygen atoms in total. The maximum absolute atomic E-state index is 11.7. The molecule has 8 heteroatoms. The standard InChI is InChI=1S/C14H18BrN5O2/c1-8-14(2,12(21)22)4-3-6-19(8)13-18-10(15)9-11(16)17-5-7-20(9)13/h5,7-8H,3-4,6H2,1-2H3,(H2,16,17)(H,21,22). The summed E-state index contributed by atoms with van der Waals surface area (Å²) in [5.41, 5.74) is 5.83. The minimum absolute atomic E-state index is 0.175. The summed E-state index contributed by atoms with van der Waals surface area (Å²) in [5.74, 6) is 0.306. The minimum atomic E-state index is -0.796. The lowest BCUT2D eigenvalue weighted by Crippen LogP contribution is -2.53. The number of nitrogens with two attached hydrogens (primary N) is 1. The fourth-order valence-electron chi connectivity index (χ4n) is 3.13. The molecule has 0 aromatic carbocycles. The van der Waals surface area contributed by atoms with E-state index in [1.165, 1.54) is 0 Å². The Hall–Kier alpha value is -1.83. The van der Waals surface area contributed by atoms with Crippen molar-refractivity contribution in [3.63, 3.8) is 0 Å². The lowest BCUT2D eigenvalue weighted by molar-refractivity contribution is -0.150. The van der Waals surface area contributed by atoms with E-state index in [1.54, 1.807) is 19.3 Å². The second-order valence-corrected chi connectivity index (χ2v) is 6.68. The summed E-state index contributed by atoms with van der Waals surface area (Å²) >= 11 is 3.42. The van der Waals surface area contributed by atoms with Gasteiger partial charge in [-0.25, -0.2) is 9.97 Å². The van der Waals surface area contributed by atoms with Crippen molar-refractivity contribution in [1.29, 1.82) is 0 Å². The highest BCUT2D eigenvalue weighted by Gasteiger charge is 2.45. The SMILES string of the molecule is CC1N(c2nc(Br)c3c(N)nccn23)CCCC1(C)C(=O)O. The number of fused-ring (bicyclic) bond motifs is 1. The molecular weight excluding hydrogens is 350 g/mol. The topological polar surface area (TPSA) is 96.8 Å². The number of halogens is 1. The summed E-state index contributed by atoms with van der Waals surface area (Å²) in [4.78, 5) is 22.3. The van der Waals surface area contributed by atoms with Gasteiger partial charge in [0.1, 0.15) is 10.1 Å². The van der Waals surface area contributed by atoms with Gasteiger partial charge in [0.15, 0.2) is 5.82 Å². The molecule has 118 valence electrons. The van der Waals surface area contributed by atoms with Crippen LogP contribution in [0.2, 0.25) is 0 Å². The van der Waals surface area contributed by atoms with Crippen molar-refractivity contribution < 1.29 is 9.90 Å². The zero-order valence-corrected chi connectivity index (χ0v) is 14.0. The first kappa shape index (κ1) is 15.1. The Morgan fingerprint density at radius 2 is 2.32 bits per heavy atom. The van der Waals surface area contributed by atoms with Crippen LogP contribution in [0.1, 0.15) is 26.7 Å². The van der Waals surface area contributed by atoms with Crippen molar-refractivity contribution in [2.75, 3.05) is 17.2 Å². The van der Waals surface area contributed by atoms with Crippen LogP contribution in [0.5, 0.6) is 0 Å². The number of hydrogen-bond acceptors (Lipinski definition) is 5. The van der Waals surface area contributed by atoms with Gasteiger partial charge in [0, 0.05) is 25.0 Å². The number of carbonyl (C=O) groups is 1. The third-order valence-electron chi connectivity index (χ3n) is 4.75. The van der Waals surface area contributed by atoms with Crippen molar-refractivity contribution in [2.45, 2.75) is 32.7 Å². The number of nitrogens with zero attached hydrogens (tertiary/aromatic N) is 4. The van der Waals surface area contributed by atoms with Crippen LogP contribution < -0.4 is 10.6 Å². The zero-order valence-electron chi connectivity index (χ0n) is 12.5. The molecule has 1 aliphatic heterocycles. The molecule has 2 aromatic heterocycles. The van der Waals surface area contributed by atoms with Crippen LogP contribution in [0, 0.1) is 5.41 Å². The highest BCUT2D eigenvalue weighted by atomic mass is 79.9. The monoisotopic (exact) mass is 367 g/mol. The van der Waals surface area contributed by atoms with Crippen molar-refractivity contribution in [3.05, 3.63) is 17.0 Å². The highest BCUT2D eigenvalue weighted by molar-refractivity contribution is 9.10. The molecular formula is C14H18BrN5O2. The van der Waals surface area contributed by atoms with Crippen LogP contribution in [0.25, 0.3) is 5.52 Å². The van der Waals surface area contributed by atoms with Gasteiger partial charge < -0.3 is 15.7 Å². The molecule has 3 heterocycles. The Balaban J connectivity index is 2.12. The Morgan fingerprint density at radius 1 is 1.59 bits per heavy atom. The maximum Gasteiger partial charge on any atom is 0.311 e. The smallest absolute Gasteiger partial charge is 0.311 e. The second-order valence-electron chi connectivity index (χ2n) is 5.93. The number of imidazole rings is 1. The van der Waals surface area contributed by atoms with Crippen molar-refractivity contribution >= 4 is 39.2 Å². The number of rotatable bonds is 2. The van der Waals surface area contributed by atoms with Crippen molar-refractivity contribution in [3.8, 4) is 0 Å². The summed E-state index contributed by atoms with van der Waals surface area (Å²) in [5, 5.41) is 9.60. The molecule has 3 rings (SSSR count).